The molecule has 17 heavy (non-hydrogen) atoms. The molecule has 2 N–H and O–H groups in total. The van der Waals surface area contributed by atoms with E-state index in [4.69, 9.17) is 10.3 Å². The zero-order valence-corrected chi connectivity index (χ0v) is 10.9. The van der Waals surface area contributed by atoms with Crippen molar-refractivity contribution in [3.63, 3.8) is 0 Å². The summed E-state index contributed by atoms with van der Waals surface area (Å²) in [4.78, 5) is 4.42. The van der Waals surface area contributed by atoms with Crippen molar-refractivity contribution in [1.29, 1.82) is 0 Å². The third-order valence-corrected chi connectivity index (χ3v) is 3.52. The molecule has 0 bridgehead atoms. The van der Waals surface area contributed by atoms with Gasteiger partial charge in [-0.15, -0.1) is 0 Å². The van der Waals surface area contributed by atoms with Crippen molar-refractivity contribution in [3.05, 3.63) is 11.7 Å². The third kappa shape index (κ3) is 3.28. The second-order valence-corrected chi connectivity index (χ2v) is 5.57. The van der Waals surface area contributed by atoms with Crippen molar-refractivity contribution >= 4 is 0 Å². The van der Waals surface area contributed by atoms with E-state index < -0.39 is 0 Å². The molecule has 1 aromatic rings. The van der Waals surface area contributed by atoms with E-state index in [-0.39, 0.29) is 6.04 Å². The molecule has 0 saturated heterocycles. The Morgan fingerprint density at radius 3 is 2.65 bits per heavy atom. The van der Waals surface area contributed by atoms with Crippen LogP contribution in [0.2, 0.25) is 0 Å². The first-order valence-electron chi connectivity index (χ1n) is 6.75. The quantitative estimate of drug-likeness (QED) is 0.874. The minimum absolute atomic E-state index is 0.0660. The van der Waals surface area contributed by atoms with Crippen LogP contribution in [-0.4, -0.2) is 10.1 Å². The lowest BCUT2D eigenvalue weighted by Gasteiger charge is -2.24. The monoisotopic (exact) mass is 237 g/mol. The summed E-state index contributed by atoms with van der Waals surface area (Å²) in [6.45, 7) is 4.30. The van der Waals surface area contributed by atoms with Gasteiger partial charge in [-0.3, -0.25) is 0 Å². The molecule has 96 valence electrons. The molecule has 1 fully saturated rings. The number of hydrogen-bond acceptors (Lipinski definition) is 4. The molecule has 1 aromatic heterocycles. The van der Waals surface area contributed by atoms with Crippen LogP contribution < -0.4 is 5.73 Å². The number of aromatic nitrogens is 2. The van der Waals surface area contributed by atoms with Gasteiger partial charge in [-0.1, -0.05) is 38.3 Å². The molecule has 0 spiro atoms. The van der Waals surface area contributed by atoms with Gasteiger partial charge < -0.3 is 10.3 Å². The third-order valence-electron chi connectivity index (χ3n) is 3.52. The Labute approximate surface area is 103 Å². The summed E-state index contributed by atoms with van der Waals surface area (Å²) >= 11 is 0. The van der Waals surface area contributed by atoms with Gasteiger partial charge >= 0.3 is 0 Å². The summed E-state index contributed by atoms with van der Waals surface area (Å²) in [5.74, 6) is 2.50. The molecular formula is C13H23N3O. The van der Waals surface area contributed by atoms with Crippen molar-refractivity contribution in [2.45, 2.75) is 58.4 Å². The van der Waals surface area contributed by atoms with Crippen LogP contribution in [0.3, 0.4) is 0 Å². The normalized spacial score (nSPS) is 19.8. The molecule has 0 radical (unpaired) electrons. The SMILES string of the molecule is CC(C)Cc1noc(C(N)C2CCCCC2)n1. The smallest absolute Gasteiger partial charge is 0.243 e. The maximum atomic E-state index is 6.22. The van der Waals surface area contributed by atoms with Crippen LogP contribution >= 0.6 is 0 Å². The van der Waals surface area contributed by atoms with Crippen LogP contribution in [0.15, 0.2) is 4.52 Å². The van der Waals surface area contributed by atoms with Crippen molar-refractivity contribution in [2.75, 3.05) is 0 Å². The summed E-state index contributed by atoms with van der Waals surface area (Å²) in [5.41, 5.74) is 6.22. The summed E-state index contributed by atoms with van der Waals surface area (Å²) in [5, 5.41) is 4.01. The van der Waals surface area contributed by atoms with E-state index >= 15 is 0 Å². The largest absolute Gasteiger partial charge is 0.338 e. The lowest BCUT2D eigenvalue weighted by molar-refractivity contribution is 0.255. The molecule has 1 aliphatic carbocycles. The zero-order chi connectivity index (χ0) is 12.3. The fourth-order valence-electron chi connectivity index (χ4n) is 2.55. The highest BCUT2D eigenvalue weighted by Gasteiger charge is 2.26. The molecule has 0 amide bonds. The lowest BCUT2D eigenvalue weighted by Crippen LogP contribution is -2.23. The Morgan fingerprint density at radius 1 is 1.29 bits per heavy atom. The highest BCUT2D eigenvalue weighted by molar-refractivity contribution is 4.95. The van der Waals surface area contributed by atoms with Gasteiger partial charge in [0.25, 0.3) is 0 Å². The van der Waals surface area contributed by atoms with E-state index in [2.05, 4.69) is 24.0 Å². The second kappa shape index (κ2) is 5.63. The first kappa shape index (κ1) is 12.6. The summed E-state index contributed by atoms with van der Waals surface area (Å²) in [7, 11) is 0. The first-order chi connectivity index (χ1) is 8.16. The van der Waals surface area contributed by atoms with Gasteiger partial charge in [-0.2, -0.15) is 4.98 Å². The Balaban J connectivity index is 1.98. The van der Waals surface area contributed by atoms with Gasteiger partial charge in [0.1, 0.15) is 0 Å². The van der Waals surface area contributed by atoms with Crippen molar-refractivity contribution in [3.8, 4) is 0 Å². The van der Waals surface area contributed by atoms with E-state index in [9.17, 15) is 0 Å². The Kier molecular flexibility index (Phi) is 4.15. The van der Waals surface area contributed by atoms with E-state index in [1.165, 1.54) is 32.1 Å². The fraction of sp³-hybridized carbons (Fsp3) is 0.846. The standard InChI is InChI=1S/C13H23N3O/c1-9(2)8-11-15-13(17-16-11)12(14)10-6-4-3-5-7-10/h9-10,12H,3-8,14H2,1-2H3. The predicted octanol–water partition coefficient (Wildman–Crippen LogP) is 2.85. The molecule has 4 nitrogen and oxygen atoms in total. The average molecular weight is 237 g/mol. The molecule has 0 aliphatic heterocycles. The fourth-order valence-corrected chi connectivity index (χ4v) is 2.55. The zero-order valence-electron chi connectivity index (χ0n) is 10.9. The molecule has 0 aromatic carbocycles. The maximum absolute atomic E-state index is 6.22. The van der Waals surface area contributed by atoms with Crippen LogP contribution in [0.25, 0.3) is 0 Å². The van der Waals surface area contributed by atoms with Crippen molar-refractivity contribution in [1.82, 2.24) is 10.1 Å². The molecule has 1 saturated carbocycles. The average Bonchev–Trinajstić information content (AvgIpc) is 2.77. The van der Waals surface area contributed by atoms with E-state index in [0.717, 1.165) is 12.2 Å². The van der Waals surface area contributed by atoms with E-state index in [1.807, 2.05) is 0 Å². The van der Waals surface area contributed by atoms with E-state index in [0.29, 0.717) is 17.7 Å². The van der Waals surface area contributed by atoms with Gasteiger partial charge in [-0.25, -0.2) is 0 Å². The maximum Gasteiger partial charge on any atom is 0.243 e. The van der Waals surface area contributed by atoms with Crippen LogP contribution in [0.1, 0.15) is 63.7 Å². The van der Waals surface area contributed by atoms with Gasteiger partial charge in [-0.05, 0) is 24.7 Å². The lowest BCUT2D eigenvalue weighted by atomic mass is 9.84. The Morgan fingerprint density at radius 2 is 2.00 bits per heavy atom. The molecule has 1 aliphatic rings. The molecule has 1 heterocycles. The first-order valence-corrected chi connectivity index (χ1v) is 6.75. The van der Waals surface area contributed by atoms with Crippen LogP contribution in [0.5, 0.6) is 0 Å². The second-order valence-electron chi connectivity index (χ2n) is 5.57. The predicted molar refractivity (Wildman–Crippen MR) is 66.3 cm³/mol. The van der Waals surface area contributed by atoms with Gasteiger partial charge in [0.2, 0.25) is 5.89 Å². The van der Waals surface area contributed by atoms with Crippen molar-refractivity contribution in [2.24, 2.45) is 17.6 Å². The minimum Gasteiger partial charge on any atom is -0.338 e. The summed E-state index contributed by atoms with van der Waals surface area (Å²) in [6, 6.07) is -0.0660. The molecular weight excluding hydrogens is 214 g/mol. The van der Waals surface area contributed by atoms with Gasteiger partial charge in [0, 0.05) is 6.42 Å². The molecule has 2 rings (SSSR count). The number of rotatable bonds is 4. The minimum atomic E-state index is -0.0660. The van der Waals surface area contributed by atoms with Crippen LogP contribution in [0, 0.1) is 11.8 Å². The Bertz CT molecular complexity index is 342. The summed E-state index contributed by atoms with van der Waals surface area (Å²) < 4.78 is 5.29. The highest BCUT2D eigenvalue weighted by Crippen LogP contribution is 2.32. The van der Waals surface area contributed by atoms with Gasteiger partial charge in [0.15, 0.2) is 5.82 Å². The number of hydrogen-bond donors (Lipinski definition) is 1. The van der Waals surface area contributed by atoms with Crippen molar-refractivity contribution < 1.29 is 4.52 Å². The van der Waals surface area contributed by atoms with E-state index in [1.54, 1.807) is 0 Å². The van der Waals surface area contributed by atoms with Crippen LogP contribution in [-0.2, 0) is 6.42 Å². The van der Waals surface area contributed by atoms with Gasteiger partial charge in [0.05, 0.1) is 6.04 Å². The van der Waals surface area contributed by atoms with Crippen LogP contribution in [0.4, 0.5) is 0 Å². The topological polar surface area (TPSA) is 64.9 Å². The Hall–Kier alpha value is -0.900. The molecule has 4 heteroatoms. The molecule has 1 unspecified atom stereocenters. The summed E-state index contributed by atoms with van der Waals surface area (Å²) in [6.07, 6.45) is 7.16. The number of nitrogens with zero attached hydrogens (tertiary/aromatic N) is 2. The molecule has 1 atom stereocenters. The number of nitrogens with two attached hydrogens (primary N) is 1. The highest BCUT2D eigenvalue weighted by atomic mass is 16.5.